The number of carbonyl (C=O) groups is 2. The highest BCUT2D eigenvalue weighted by Crippen LogP contribution is 2.38. The van der Waals surface area contributed by atoms with Gasteiger partial charge in [-0.05, 0) is 24.5 Å². The highest BCUT2D eigenvalue weighted by atomic mass is 32.2. The number of aromatic amines is 1. The van der Waals surface area contributed by atoms with Gasteiger partial charge in [-0.15, -0.1) is 5.10 Å². The Morgan fingerprint density at radius 3 is 2.72 bits per heavy atom. The zero-order valence-corrected chi connectivity index (χ0v) is 18.1. The second-order valence-electron chi connectivity index (χ2n) is 8.13. The Bertz CT molecular complexity index is 974. The van der Waals surface area contributed by atoms with Crippen LogP contribution in [0.4, 0.5) is 24.5 Å². The molecule has 7 nitrogen and oxygen atoms in total. The van der Waals surface area contributed by atoms with E-state index >= 15 is 0 Å². The monoisotopic (exact) mass is 467 g/mol. The fourth-order valence-corrected chi connectivity index (χ4v) is 4.96. The van der Waals surface area contributed by atoms with Gasteiger partial charge in [0.2, 0.25) is 17.0 Å². The summed E-state index contributed by atoms with van der Waals surface area (Å²) in [7, 11) is 0. The predicted molar refractivity (Wildman–Crippen MR) is 114 cm³/mol. The van der Waals surface area contributed by atoms with Crippen molar-refractivity contribution in [3.05, 3.63) is 30.1 Å². The van der Waals surface area contributed by atoms with Crippen molar-refractivity contribution < 1.29 is 22.8 Å². The van der Waals surface area contributed by atoms with E-state index in [1.54, 1.807) is 6.07 Å². The predicted octanol–water partition coefficient (Wildman–Crippen LogP) is 4.33. The molecule has 1 aliphatic carbocycles. The van der Waals surface area contributed by atoms with Crippen molar-refractivity contribution in [2.24, 2.45) is 5.92 Å². The third-order valence-electron chi connectivity index (χ3n) is 5.87. The lowest BCUT2D eigenvalue weighted by molar-refractivity contribution is -0.157. The summed E-state index contributed by atoms with van der Waals surface area (Å²) in [6.45, 7) is 0. The average Bonchev–Trinajstić information content (AvgIpc) is 3.39. The minimum atomic E-state index is -4.76. The molecule has 0 radical (unpaired) electrons. The molecule has 1 saturated carbocycles. The molecule has 0 bridgehead atoms. The number of para-hydroxylation sites is 2. The summed E-state index contributed by atoms with van der Waals surface area (Å²) in [4.78, 5) is 30.0. The van der Waals surface area contributed by atoms with Crippen LogP contribution >= 0.6 is 11.8 Å². The van der Waals surface area contributed by atoms with E-state index in [0.29, 0.717) is 16.0 Å². The van der Waals surface area contributed by atoms with Gasteiger partial charge in [0.25, 0.3) is 0 Å². The van der Waals surface area contributed by atoms with Crippen LogP contribution in [0.15, 0.2) is 29.4 Å². The third-order valence-corrected chi connectivity index (χ3v) is 6.71. The number of benzene rings is 1. The number of H-pyrrole nitrogens is 1. The van der Waals surface area contributed by atoms with Crippen LogP contribution in [0.1, 0.15) is 44.3 Å². The molecule has 1 unspecified atom stereocenters. The number of carbonyl (C=O) groups excluding carboxylic acids is 2. The van der Waals surface area contributed by atoms with Crippen molar-refractivity contribution in [3.8, 4) is 0 Å². The number of alkyl halides is 3. The molecule has 32 heavy (non-hydrogen) atoms. The maximum atomic E-state index is 13.8. The van der Waals surface area contributed by atoms with Gasteiger partial charge in [0.15, 0.2) is 0 Å². The molecule has 2 N–H and O–H groups in total. The van der Waals surface area contributed by atoms with Crippen LogP contribution in [0.25, 0.3) is 0 Å². The fraction of sp³-hybridized carbons (Fsp3) is 0.524. The van der Waals surface area contributed by atoms with Crippen LogP contribution < -0.4 is 10.2 Å². The van der Waals surface area contributed by atoms with Gasteiger partial charge >= 0.3 is 6.18 Å². The number of fused-ring (bicyclic) bond motifs is 1. The highest BCUT2D eigenvalue weighted by molar-refractivity contribution is 7.99. The molecule has 2 aliphatic rings. The maximum Gasteiger partial charge on any atom is 0.409 e. The SMILES string of the molecule is O=C1CC(C(F)(F)F)N(C(=O)CSc2n[nH]c(CCC3CCCC3)n2)c2ccccc2N1. The smallest absolute Gasteiger partial charge is 0.324 e. The Morgan fingerprint density at radius 2 is 1.97 bits per heavy atom. The van der Waals surface area contributed by atoms with Gasteiger partial charge in [-0.2, -0.15) is 13.2 Å². The summed E-state index contributed by atoms with van der Waals surface area (Å²) in [5.41, 5.74) is 0.202. The Morgan fingerprint density at radius 1 is 1.22 bits per heavy atom. The molecule has 172 valence electrons. The van der Waals surface area contributed by atoms with E-state index in [0.717, 1.165) is 30.4 Å². The van der Waals surface area contributed by atoms with Gasteiger partial charge in [-0.3, -0.25) is 19.6 Å². The standard InChI is InChI=1S/C21H24F3N5O2S/c22-21(23,24)16-11-18(30)25-14-7-3-4-8-15(14)29(16)19(31)12-32-20-26-17(27-28-20)10-9-13-5-1-2-6-13/h3-4,7-8,13,16H,1-2,5-6,9-12H2,(H,25,30)(H,26,27,28). The highest BCUT2D eigenvalue weighted by Gasteiger charge is 2.48. The number of amides is 2. The number of hydrogen-bond acceptors (Lipinski definition) is 5. The van der Waals surface area contributed by atoms with Crippen LogP contribution in [0.5, 0.6) is 0 Å². The number of nitrogens with one attached hydrogen (secondary N) is 2. The number of thioether (sulfide) groups is 1. The normalized spacial score (nSPS) is 19.5. The number of aryl methyl sites for hydroxylation is 1. The topological polar surface area (TPSA) is 91.0 Å². The minimum Gasteiger partial charge on any atom is -0.324 e. The van der Waals surface area contributed by atoms with E-state index in [1.165, 1.54) is 43.9 Å². The summed E-state index contributed by atoms with van der Waals surface area (Å²) >= 11 is 0.979. The molecule has 0 spiro atoms. The zero-order valence-electron chi connectivity index (χ0n) is 17.3. The lowest BCUT2D eigenvalue weighted by atomic mass is 10.0. The van der Waals surface area contributed by atoms with E-state index in [-0.39, 0.29) is 17.1 Å². The number of nitrogens with zero attached hydrogens (tertiary/aromatic N) is 3. The van der Waals surface area contributed by atoms with E-state index in [1.807, 2.05) is 0 Å². The Labute approximate surface area is 187 Å². The first-order valence-electron chi connectivity index (χ1n) is 10.6. The van der Waals surface area contributed by atoms with Crippen LogP contribution in [0.3, 0.4) is 0 Å². The van der Waals surface area contributed by atoms with E-state index in [2.05, 4.69) is 20.5 Å². The molecule has 1 aliphatic heterocycles. The Balaban J connectivity index is 1.45. The third kappa shape index (κ3) is 5.25. The average molecular weight is 468 g/mol. The Hall–Kier alpha value is -2.56. The summed E-state index contributed by atoms with van der Waals surface area (Å²) in [6.07, 6.45) is 1.17. The van der Waals surface area contributed by atoms with Gasteiger partial charge in [-0.25, -0.2) is 4.98 Å². The van der Waals surface area contributed by atoms with Crippen LogP contribution in [-0.4, -0.2) is 45.0 Å². The first-order valence-corrected chi connectivity index (χ1v) is 11.6. The molecular formula is C21H24F3N5O2S. The van der Waals surface area contributed by atoms with Gasteiger partial charge in [0, 0.05) is 6.42 Å². The molecule has 2 amide bonds. The van der Waals surface area contributed by atoms with Crippen molar-refractivity contribution >= 4 is 35.0 Å². The number of hydrogen-bond donors (Lipinski definition) is 2. The molecule has 0 saturated heterocycles. The van der Waals surface area contributed by atoms with Crippen molar-refractivity contribution in [1.29, 1.82) is 0 Å². The molecule has 4 rings (SSSR count). The van der Waals surface area contributed by atoms with E-state index in [9.17, 15) is 22.8 Å². The lowest BCUT2D eigenvalue weighted by Gasteiger charge is -2.31. The Kier molecular flexibility index (Phi) is 6.73. The van der Waals surface area contributed by atoms with Gasteiger partial charge in [0.05, 0.1) is 23.5 Å². The van der Waals surface area contributed by atoms with Crippen molar-refractivity contribution in [2.75, 3.05) is 16.0 Å². The number of anilines is 2. The number of rotatable bonds is 6. The number of halogens is 3. The van der Waals surface area contributed by atoms with Crippen LogP contribution in [0, 0.1) is 5.92 Å². The van der Waals surface area contributed by atoms with Gasteiger partial charge in [0.1, 0.15) is 11.9 Å². The first kappa shape index (κ1) is 22.6. The molecule has 1 aromatic carbocycles. The van der Waals surface area contributed by atoms with Crippen LogP contribution in [0.2, 0.25) is 0 Å². The summed E-state index contributed by atoms with van der Waals surface area (Å²) < 4.78 is 41.3. The van der Waals surface area contributed by atoms with Crippen LogP contribution in [-0.2, 0) is 16.0 Å². The zero-order chi connectivity index (χ0) is 22.7. The molecule has 1 aromatic heterocycles. The summed E-state index contributed by atoms with van der Waals surface area (Å²) in [6, 6.07) is 3.75. The van der Waals surface area contributed by atoms with Crippen molar-refractivity contribution in [2.45, 2.75) is 62.3 Å². The molecule has 11 heteroatoms. The van der Waals surface area contributed by atoms with Crippen molar-refractivity contribution in [3.63, 3.8) is 0 Å². The lowest BCUT2D eigenvalue weighted by Crippen LogP contribution is -2.50. The first-order chi connectivity index (χ1) is 15.3. The second-order valence-corrected chi connectivity index (χ2v) is 9.08. The second kappa shape index (κ2) is 9.51. The largest absolute Gasteiger partial charge is 0.409 e. The molecule has 1 atom stereocenters. The molecule has 2 aromatic rings. The van der Waals surface area contributed by atoms with E-state index in [4.69, 9.17) is 0 Å². The quantitative estimate of drug-likeness (QED) is 0.618. The molecule has 1 fully saturated rings. The minimum absolute atomic E-state index is 0.0264. The van der Waals surface area contributed by atoms with E-state index < -0.39 is 30.5 Å². The molecule has 2 heterocycles. The fourth-order valence-electron chi connectivity index (χ4n) is 4.29. The maximum absolute atomic E-state index is 13.8. The molecular weight excluding hydrogens is 443 g/mol. The summed E-state index contributed by atoms with van der Waals surface area (Å²) in [5.74, 6) is -0.414. The van der Waals surface area contributed by atoms with Gasteiger partial charge in [-0.1, -0.05) is 49.6 Å². The number of aromatic nitrogens is 3. The van der Waals surface area contributed by atoms with Crippen molar-refractivity contribution in [1.82, 2.24) is 15.2 Å². The summed E-state index contributed by atoms with van der Waals surface area (Å²) in [5, 5.41) is 9.72. The van der Waals surface area contributed by atoms with Gasteiger partial charge < -0.3 is 5.32 Å².